The number of aliphatic imine (C=N–C) groups is 1. The van der Waals surface area contributed by atoms with Crippen molar-refractivity contribution in [3.8, 4) is 0 Å². The predicted octanol–water partition coefficient (Wildman–Crippen LogP) is 1.52. The molecule has 1 atom stereocenters. The van der Waals surface area contributed by atoms with E-state index in [0.29, 0.717) is 0 Å². The Kier molecular flexibility index (Phi) is 9.91. The lowest BCUT2D eigenvalue weighted by Gasteiger charge is -2.15. The van der Waals surface area contributed by atoms with E-state index in [-0.39, 0.29) is 24.0 Å². The number of unbranched alkanes of at least 4 members (excludes halogenated alkanes) is 1. The Morgan fingerprint density at radius 2 is 2.18 bits per heavy atom. The normalized spacial score (nSPS) is 21.1. The molecule has 1 fully saturated rings. The molecule has 0 aromatic carbocycles. The third kappa shape index (κ3) is 7.08. The lowest BCUT2D eigenvalue weighted by atomic mass is 10.1. The maximum atomic E-state index is 4.22. The van der Waals surface area contributed by atoms with Crippen molar-refractivity contribution < 1.29 is 0 Å². The van der Waals surface area contributed by atoms with Crippen LogP contribution in [0.25, 0.3) is 0 Å². The Balaban J connectivity index is 0.00000256. The molecular weight excluding hydrogens is 327 g/mol. The first-order chi connectivity index (χ1) is 7.76. The van der Waals surface area contributed by atoms with Gasteiger partial charge in [-0.15, -0.1) is 24.0 Å². The van der Waals surface area contributed by atoms with Crippen LogP contribution in [0.5, 0.6) is 0 Å². The van der Waals surface area contributed by atoms with Crippen molar-refractivity contribution >= 4 is 29.9 Å². The van der Waals surface area contributed by atoms with Gasteiger partial charge in [0.2, 0.25) is 0 Å². The molecule has 0 amide bonds. The van der Waals surface area contributed by atoms with Gasteiger partial charge in [-0.05, 0) is 32.4 Å². The van der Waals surface area contributed by atoms with E-state index in [1.807, 2.05) is 7.05 Å². The first-order valence-corrected chi connectivity index (χ1v) is 6.39. The van der Waals surface area contributed by atoms with Gasteiger partial charge >= 0.3 is 0 Å². The minimum atomic E-state index is 0. The molecule has 1 saturated heterocycles. The highest BCUT2D eigenvalue weighted by Crippen LogP contribution is 2.12. The first-order valence-electron chi connectivity index (χ1n) is 6.39. The number of rotatable bonds is 5. The van der Waals surface area contributed by atoms with Crippen LogP contribution in [0.3, 0.4) is 0 Å². The zero-order valence-electron chi connectivity index (χ0n) is 11.3. The van der Waals surface area contributed by atoms with Gasteiger partial charge in [-0.3, -0.25) is 4.99 Å². The molecule has 0 aliphatic carbocycles. The fraction of sp³-hybridized carbons (Fsp3) is 0.917. The second-order valence-electron chi connectivity index (χ2n) is 4.65. The molecule has 1 rings (SSSR count). The maximum absolute atomic E-state index is 4.22. The molecule has 0 bridgehead atoms. The second-order valence-corrected chi connectivity index (χ2v) is 4.65. The summed E-state index contributed by atoms with van der Waals surface area (Å²) in [6, 6.07) is 0. The molecule has 1 unspecified atom stereocenters. The third-order valence-electron chi connectivity index (χ3n) is 3.09. The topological polar surface area (TPSA) is 39.7 Å². The largest absolute Gasteiger partial charge is 0.356 e. The summed E-state index contributed by atoms with van der Waals surface area (Å²) in [5, 5.41) is 6.73. The number of halogens is 1. The smallest absolute Gasteiger partial charge is 0.190 e. The Labute approximate surface area is 123 Å². The van der Waals surface area contributed by atoms with Crippen molar-refractivity contribution in [3.63, 3.8) is 0 Å². The van der Waals surface area contributed by atoms with E-state index >= 15 is 0 Å². The van der Waals surface area contributed by atoms with Crippen LogP contribution in [-0.4, -0.2) is 51.1 Å². The summed E-state index contributed by atoms with van der Waals surface area (Å²) in [6.07, 6.45) is 3.72. The number of hydrogen-bond donors (Lipinski definition) is 2. The van der Waals surface area contributed by atoms with Gasteiger partial charge in [-0.1, -0.05) is 13.3 Å². The molecule has 1 aliphatic heterocycles. The summed E-state index contributed by atoms with van der Waals surface area (Å²) in [7, 11) is 4.02. The zero-order valence-corrected chi connectivity index (χ0v) is 13.7. The molecule has 1 aliphatic rings. The van der Waals surface area contributed by atoms with Crippen LogP contribution in [-0.2, 0) is 0 Å². The minimum Gasteiger partial charge on any atom is -0.356 e. The quantitative estimate of drug-likeness (QED) is 0.340. The van der Waals surface area contributed by atoms with Crippen LogP contribution in [0.2, 0.25) is 0 Å². The fourth-order valence-electron chi connectivity index (χ4n) is 2.04. The van der Waals surface area contributed by atoms with E-state index in [1.54, 1.807) is 0 Å². The molecule has 0 radical (unpaired) electrons. The summed E-state index contributed by atoms with van der Waals surface area (Å²) in [5.41, 5.74) is 0. The van der Waals surface area contributed by atoms with Crippen molar-refractivity contribution in [3.05, 3.63) is 0 Å². The minimum absolute atomic E-state index is 0. The van der Waals surface area contributed by atoms with Crippen LogP contribution in [0.1, 0.15) is 26.2 Å². The number of hydrogen-bond acceptors (Lipinski definition) is 2. The molecule has 5 heteroatoms. The Morgan fingerprint density at radius 3 is 2.71 bits per heavy atom. The number of nitrogens with one attached hydrogen (secondary N) is 2. The molecule has 4 nitrogen and oxygen atoms in total. The van der Waals surface area contributed by atoms with E-state index < -0.39 is 0 Å². The summed E-state index contributed by atoms with van der Waals surface area (Å²) >= 11 is 0. The highest BCUT2D eigenvalue weighted by molar-refractivity contribution is 14.0. The molecule has 1 heterocycles. The molecular formula is C12H27IN4. The van der Waals surface area contributed by atoms with E-state index in [2.05, 4.69) is 34.5 Å². The lowest BCUT2D eigenvalue weighted by Crippen LogP contribution is -2.40. The van der Waals surface area contributed by atoms with E-state index in [4.69, 9.17) is 0 Å². The molecule has 0 aromatic rings. The summed E-state index contributed by atoms with van der Waals surface area (Å²) < 4.78 is 0. The maximum Gasteiger partial charge on any atom is 0.190 e. The third-order valence-corrected chi connectivity index (χ3v) is 3.09. The molecule has 17 heavy (non-hydrogen) atoms. The summed E-state index contributed by atoms with van der Waals surface area (Å²) in [4.78, 5) is 6.61. The van der Waals surface area contributed by atoms with Crippen molar-refractivity contribution in [1.82, 2.24) is 15.5 Å². The van der Waals surface area contributed by atoms with Gasteiger partial charge in [-0.25, -0.2) is 0 Å². The Bertz CT molecular complexity index is 221. The SMILES string of the molecule is CCCCNC(=NC)NCC1CCN(C)C1.I. The van der Waals surface area contributed by atoms with E-state index in [1.165, 1.54) is 32.4 Å². The first kappa shape index (κ1) is 17.0. The van der Waals surface area contributed by atoms with Gasteiger partial charge in [0.05, 0.1) is 0 Å². The van der Waals surface area contributed by atoms with Gasteiger partial charge in [0.1, 0.15) is 0 Å². The Hall–Kier alpha value is -0.0400. The van der Waals surface area contributed by atoms with Gasteiger partial charge in [0.25, 0.3) is 0 Å². The average molecular weight is 354 g/mol. The molecule has 0 spiro atoms. The number of likely N-dealkylation sites (tertiary alicyclic amines) is 1. The van der Waals surface area contributed by atoms with Gasteiger partial charge in [-0.2, -0.15) is 0 Å². The average Bonchev–Trinajstić information content (AvgIpc) is 2.69. The Morgan fingerprint density at radius 1 is 1.41 bits per heavy atom. The standard InChI is InChI=1S/C12H26N4.HI/c1-4-5-7-14-12(13-2)15-9-11-6-8-16(3)10-11;/h11H,4-10H2,1-3H3,(H2,13,14,15);1H. The fourth-order valence-corrected chi connectivity index (χ4v) is 2.04. The van der Waals surface area contributed by atoms with E-state index in [0.717, 1.165) is 25.0 Å². The molecule has 2 N–H and O–H groups in total. The van der Waals surface area contributed by atoms with Crippen LogP contribution < -0.4 is 10.6 Å². The van der Waals surface area contributed by atoms with Crippen molar-refractivity contribution in [2.45, 2.75) is 26.2 Å². The monoisotopic (exact) mass is 354 g/mol. The van der Waals surface area contributed by atoms with Gasteiger partial charge in [0.15, 0.2) is 5.96 Å². The highest BCUT2D eigenvalue weighted by atomic mass is 127. The van der Waals surface area contributed by atoms with Gasteiger partial charge < -0.3 is 15.5 Å². The molecule has 102 valence electrons. The highest BCUT2D eigenvalue weighted by Gasteiger charge is 2.19. The molecule has 0 aromatic heterocycles. The second kappa shape index (κ2) is 9.94. The predicted molar refractivity (Wildman–Crippen MR) is 85.3 cm³/mol. The van der Waals surface area contributed by atoms with Crippen molar-refractivity contribution in [1.29, 1.82) is 0 Å². The van der Waals surface area contributed by atoms with E-state index in [9.17, 15) is 0 Å². The van der Waals surface area contributed by atoms with Crippen LogP contribution in [0.15, 0.2) is 4.99 Å². The molecule has 0 saturated carbocycles. The lowest BCUT2D eigenvalue weighted by molar-refractivity contribution is 0.394. The zero-order chi connectivity index (χ0) is 11.8. The summed E-state index contributed by atoms with van der Waals surface area (Å²) in [6.45, 7) is 6.69. The van der Waals surface area contributed by atoms with Gasteiger partial charge in [0, 0.05) is 26.7 Å². The van der Waals surface area contributed by atoms with Crippen molar-refractivity contribution in [2.75, 3.05) is 40.3 Å². The van der Waals surface area contributed by atoms with Crippen LogP contribution in [0, 0.1) is 5.92 Å². The van der Waals surface area contributed by atoms with Crippen molar-refractivity contribution in [2.24, 2.45) is 10.9 Å². The number of guanidine groups is 1. The number of nitrogens with zero attached hydrogens (tertiary/aromatic N) is 2. The van der Waals surface area contributed by atoms with Crippen LogP contribution >= 0.6 is 24.0 Å². The van der Waals surface area contributed by atoms with Crippen LogP contribution in [0.4, 0.5) is 0 Å². The summed E-state index contributed by atoms with van der Waals surface area (Å²) in [5.74, 6) is 1.72.